The van der Waals surface area contributed by atoms with E-state index in [2.05, 4.69) is 10.6 Å². The second-order valence-electron chi connectivity index (χ2n) is 5.57. The summed E-state index contributed by atoms with van der Waals surface area (Å²) in [5.41, 5.74) is 1.48. The molecule has 0 fully saturated rings. The highest BCUT2D eigenvalue weighted by Gasteiger charge is 2.13. The van der Waals surface area contributed by atoms with E-state index < -0.39 is 0 Å². The molecule has 138 valence electrons. The van der Waals surface area contributed by atoms with Gasteiger partial charge in [-0.25, -0.2) is 0 Å². The third kappa shape index (κ3) is 5.60. The van der Waals surface area contributed by atoms with Crippen molar-refractivity contribution in [3.63, 3.8) is 0 Å². The van der Waals surface area contributed by atoms with E-state index in [4.69, 9.17) is 9.47 Å². The molecule has 2 N–H and O–H groups in total. The molecule has 0 aromatic heterocycles. The second-order valence-corrected chi connectivity index (χ2v) is 5.57. The lowest BCUT2D eigenvalue weighted by atomic mass is 10.1. The van der Waals surface area contributed by atoms with Crippen LogP contribution in [0.3, 0.4) is 0 Å². The van der Waals surface area contributed by atoms with Crippen molar-refractivity contribution in [3.05, 3.63) is 59.7 Å². The van der Waals surface area contributed by atoms with Gasteiger partial charge < -0.3 is 20.1 Å². The molecule has 0 atom stereocenters. The van der Waals surface area contributed by atoms with Gasteiger partial charge in [0.05, 0.1) is 12.2 Å². The van der Waals surface area contributed by atoms with Gasteiger partial charge in [-0.15, -0.1) is 0 Å². The van der Waals surface area contributed by atoms with E-state index in [0.717, 1.165) is 6.42 Å². The number of amides is 2. The van der Waals surface area contributed by atoms with Gasteiger partial charge >= 0.3 is 0 Å². The Morgan fingerprint density at radius 2 is 1.85 bits per heavy atom. The highest BCUT2D eigenvalue weighted by molar-refractivity contribution is 6.06. The third-order valence-electron chi connectivity index (χ3n) is 3.62. The van der Waals surface area contributed by atoms with Crippen LogP contribution in [0.4, 0.5) is 5.69 Å². The quantitative estimate of drug-likeness (QED) is 0.677. The van der Waals surface area contributed by atoms with Gasteiger partial charge in [0.2, 0.25) is 0 Å². The zero-order valence-corrected chi connectivity index (χ0v) is 15.1. The van der Waals surface area contributed by atoms with Gasteiger partial charge in [-0.05, 0) is 43.7 Å². The van der Waals surface area contributed by atoms with Crippen LogP contribution in [0.5, 0.6) is 5.75 Å². The van der Waals surface area contributed by atoms with E-state index in [-0.39, 0.29) is 11.8 Å². The molecule has 0 saturated heterocycles. The van der Waals surface area contributed by atoms with Crippen LogP contribution >= 0.6 is 0 Å². The second kappa shape index (κ2) is 10.2. The average molecular weight is 356 g/mol. The van der Waals surface area contributed by atoms with E-state index in [1.54, 1.807) is 49.6 Å². The van der Waals surface area contributed by atoms with Crippen LogP contribution in [0.1, 0.15) is 34.1 Å². The van der Waals surface area contributed by atoms with Crippen LogP contribution in [-0.4, -0.2) is 38.7 Å². The van der Waals surface area contributed by atoms with Crippen LogP contribution in [0.2, 0.25) is 0 Å². The van der Waals surface area contributed by atoms with Crippen molar-refractivity contribution >= 4 is 17.5 Å². The number of hydrogen-bond donors (Lipinski definition) is 2. The molecule has 0 saturated carbocycles. The summed E-state index contributed by atoms with van der Waals surface area (Å²) in [6.07, 6.45) is 0.743. The highest BCUT2D eigenvalue weighted by atomic mass is 16.5. The van der Waals surface area contributed by atoms with Crippen molar-refractivity contribution in [2.24, 2.45) is 0 Å². The number of carbonyl (C=O) groups excluding carboxylic acids is 2. The van der Waals surface area contributed by atoms with Gasteiger partial charge in [-0.3, -0.25) is 9.59 Å². The molecular weight excluding hydrogens is 332 g/mol. The highest BCUT2D eigenvalue weighted by Crippen LogP contribution is 2.20. The minimum absolute atomic E-state index is 0.188. The summed E-state index contributed by atoms with van der Waals surface area (Å²) in [5, 5.41) is 5.63. The predicted molar refractivity (Wildman–Crippen MR) is 101 cm³/mol. The predicted octanol–water partition coefficient (Wildman–Crippen LogP) is 3.10. The van der Waals surface area contributed by atoms with Crippen molar-refractivity contribution in [1.29, 1.82) is 0 Å². The summed E-state index contributed by atoms with van der Waals surface area (Å²) in [6.45, 7) is 3.47. The molecule has 0 radical (unpaired) electrons. The van der Waals surface area contributed by atoms with Crippen LogP contribution in [0, 0.1) is 0 Å². The van der Waals surface area contributed by atoms with E-state index in [9.17, 15) is 9.59 Å². The largest absolute Gasteiger partial charge is 0.493 e. The van der Waals surface area contributed by atoms with Crippen molar-refractivity contribution in [3.8, 4) is 5.75 Å². The fraction of sp³-hybridized carbons (Fsp3) is 0.300. The van der Waals surface area contributed by atoms with Gasteiger partial charge in [0.25, 0.3) is 11.8 Å². The lowest BCUT2D eigenvalue weighted by Gasteiger charge is -2.11. The molecule has 6 heteroatoms. The summed E-state index contributed by atoms with van der Waals surface area (Å²) < 4.78 is 10.4. The lowest BCUT2D eigenvalue weighted by molar-refractivity contribution is 0.0947. The molecular formula is C20H24N2O4. The molecule has 2 aromatic rings. The summed E-state index contributed by atoms with van der Waals surface area (Å²) in [6, 6.07) is 13.9. The average Bonchev–Trinajstić information content (AvgIpc) is 2.66. The number of nitrogens with one attached hydrogen (secondary N) is 2. The van der Waals surface area contributed by atoms with E-state index >= 15 is 0 Å². The number of methoxy groups -OCH3 is 1. The number of para-hydroxylation sites is 1. The Bertz CT molecular complexity index is 746. The van der Waals surface area contributed by atoms with Crippen molar-refractivity contribution in [2.45, 2.75) is 13.3 Å². The minimum Gasteiger partial charge on any atom is -0.493 e. The van der Waals surface area contributed by atoms with Gasteiger partial charge in [-0.2, -0.15) is 0 Å². The lowest BCUT2D eigenvalue weighted by Crippen LogP contribution is -2.25. The van der Waals surface area contributed by atoms with E-state index in [0.29, 0.717) is 42.3 Å². The van der Waals surface area contributed by atoms with E-state index in [1.165, 1.54) is 0 Å². The Morgan fingerprint density at radius 1 is 1.04 bits per heavy atom. The Kier molecular flexibility index (Phi) is 7.64. The maximum absolute atomic E-state index is 12.5. The molecule has 2 rings (SSSR count). The Hall–Kier alpha value is -2.86. The fourth-order valence-corrected chi connectivity index (χ4v) is 2.39. The third-order valence-corrected chi connectivity index (χ3v) is 3.62. The first kappa shape index (κ1) is 19.5. The summed E-state index contributed by atoms with van der Waals surface area (Å²) >= 11 is 0. The van der Waals surface area contributed by atoms with Crippen molar-refractivity contribution in [2.75, 3.05) is 32.2 Å². The smallest absolute Gasteiger partial charge is 0.259 e. The number of anilines is 1. The zero-order chi connectivity index (χ0) is 18.8. The molecule has 6 nitrogen and oxygen atoms in total. The van der Waals surface area contributed by atoms with Gasteiger partial charge in [0.15, 0.2) is 0 Å². The van der Waals surface area contributed by atoms with E-state index in [1.807, 2.05) is 13.0 Å². The number of hydrogen-bond acceptors (Lipinski definition) is 4. The fourth-order valence-electron chi connectivity index (χ4n) is 2.39. The van der Waals surface area contributed by atoms with Crippen molar-refractivity contribution in [1.82, 2.24) is 5.32 Å². The molecule has 0 aliphatic heterocycles. The topological polar surface area (TPSA) is 76.7 Å². The number of ether oxygens (including phenoxy) is 2. The van der Waals surface area contributed by atoms with Crippen LogP contribution in [-0.2, 0) is 4.74 Å². The SMILES string of the molecule is CCOc1ccccc1C(=O)Nc1cccc(C(=O)NCCCOC)c1. The first-order chi connectivity index (χ1) is 12.7. The van der Waals surface area contributed by atoms with Crippen LogP contribution in [0.25, 0.3) is 0 Å². The Morgan fingerprint density at radius 3 is 2.62 bits per heavy atom. The standard InChI is InChI=1S/C20H24N2O4/c1-3-26-18-11-5-4-10-17(18)20(24)22-16-9-6-8-15(14-16)19(23)21-12-7-13-25-2/h4-6,8-11,14H,3,7,12-13H2,1-2H3,(H,21,23)(H,22,24). The maximum atomic E-state index is 12.5. The normalized spacial score (nSPS) is 10.2. The molecule has 0 unspecified atom stereocenters. The van der Waals surface area contributed by atoms with Gasteiger partial charge in [-0.1, -0.05) is 18.2 Å². The first-order valence-electron chi connectivity index (χ1n) is 8.56. The van der Waals surface area contributed by atoms with Crippen molar-refractivity contribution < 1.29 is 19.1 Å². The molecule has 2 amide bonds. The molecule has 0 bridgehead atoms. The maximum Gasteiger partial charge on any atom is 0.259 e. The molecule has 0 aliphatic rings. The molecule has 0 spiro atoms. The van der Waals surface area contributed by atoms with Crippen LogP contribution < -0.4 is 15.4 Å². The zero-order valence-electron chi connectivity index (χ0n) is 15.1. The molecule has 26 heavy (non-hydrogen) atoms. The molecule has 2 aromatic carbocycles. The monoisotopic (exact) mass is 356 g/mol. The number of benzene rings is 2. The number of rotatable bonds is 9. The van der Waals surface area contributed by atoms with Crippen LogP contribution in [0.15, 0.2) is 48.5 Å². The minimum atomic E-state index is -0.285. The first-order valence-corrected chi connectivity index (χ1v) is 8.56. The van der Waals surface area contributed by atoms with Gasteiger partial charge in [0.1, 0.15) is 5.75 Å². The Labute approximate surface area is 153 Å². The summed E-state index contributed by atoms with van der Waals surface area (Å²) in [4.78, 5) is 24.7. The molecule has 0 aliphatic carbocycles. The Balaban J connectivity index is 2.04. The van der Waals surface area contributed by atoms with Gasteiger partial charge in [0, 0.05) is 31.5 Å². The summed E-state index contributed by atoms with van der Waals surface area (Å²) in [5.74, 6) is 0.0539. The number of carbonyl (C=O) groups is 2. The summed E-state index contributed by atoms with van der Waals surface area (Å²) in [7, 11) is 1.62. The molecule has 0 heterocycles.